The van der Waals surface area contributed by atoms with Crippen molar-refractivity contribution in [2.24, 2.45) is 11.1 Å². The number of phenolic OH excluding ortho intramolecular Hbond substituents is 1. The standard InChI is InChI=1S/C12H19NO/c1-12(2,3)10(8-13)9-6-4-5-7-11(9)14/h4-7,10,14H,8,13H2,1-3H3. The molecule has 0 heterocycles. The van der Waals surface area contributed by atoms with Gasteiger partial charge in [0.2, 0.25) is 0 Å². The second-order valence-corrected chi connectivity index (χ2v) is 4.71. The highest BCUT2D eigenvalue weighted by Gasteiger charge is 2.26. The number of rotatable bonds is 2. The Morgan fingerprint density at radius 3 is 2.29 bits per heavy atom. The zero-order valence-corrected chi connectivity index (χ0v) is 9.12. The second-order valence-electron chi connectivity index (χ2n) is 4.71. The molecule has 1 atom stereocenters. The van der Waals surface area contributed by atoms with Gasteiger partial charge in [0.1, 0.15) is 5.75 Å². The third kappa shape index (κ3) is 2.26. The second kappa shape index (κ2) is 4.01. The number of hydrogen-bond acceptors (Lipinski definition) is 2. The van der Waals surface area contributed by atoms with Gasteiger partial charge in [0.15, 0.2) is 0 Å². The van der Waals surface area contributed by atoms with Crippen LogP contribution in [0.1, 0.15) is 32.3 Å². The van der Waals surface area contributed by atoms with Crippen molar-refractivity contribution in [1.82, 2.24) is 0 Å². The van der Waals surface area contributed by atoms with Crippen LogP contribution in [0.3, 0.4) is 0 Å². The Hall–Kier alpha value is -1.02. The maximum atomic E-state index is 9.72. The summed E-state index contributed by atoms with van der Waals surface area (Å²) in [5, 5.41) is 9.72. The number of hydrogen-bond donors (Lipinski definition) is 2. The van der Waals surface area contributed by atoms with Crippen LogP contribution in [0.5, 0.6) is 5.75 Å². The van der Waals surface area contributed by atoms with Crippen LogP contribution < -0.4 is 5.73 Å². The number of aromatic hydroxyl groups is 1. The molecule has 0 amide bonds. The fraction of sp³-hybridized carbons (Fsp3) is 0.500. The van der Waals surface area contributed by atoms with E-state index in [4.69, 9.17) is 5.73 Å². The van der Waals surface area contributed by atoms with Crippen LogP contribution in [0.25, 0.3) is 0 Å². The van der Waals surface area contributed by atoms with Gasteiger partial charge in [-0.1, -0.05) is 39.0 Å². The fourth-order valence-electron chi connectivity index (χ4n) is 1.73. The van der Waals surface area contributed by atoms with Crippen LogP contribution in [0.15, 0.2) is 24.3 Å². The molecule has 0 spiro atoms. The Labute approximate surface area is 85.8 Å². The quantitative estimate of drug-likeness (QED) is 0.758. The van der Waals surface area contributed by atoms with Gasteiger partial charge < -0.3 is 10.8 Å². The van der Waals surface area contributed by atoms with Crippen LogP contribution in [-0.4, -0.2) is 11.7 Å². The number of nitrogens with two attached hydrogens (primary N) is 1. The Morgan fingerprint density at radius 2 is 1.86 bits per heavy atom. The van der Waals surface area contributed by atoms with E-state index in [0.29, 0.717) is 12.3 Å². The van der Waals surface area contributed by atoms with Crippen molar-refractivity contribution in [1.29, 1.82) is 0 Å². The van der Waals surface area contributed by atoms with Gasteiger partial charge in [-0.05, 0) is 23.6 Å². The zero-order valence-electron chi connectivity index (χ0n) is 9.12. The van der Waals surface area contributed by atoms with Crippen molar-refractivity contribution in [3.63, 3.8) is 0 Å². The maximum Gasteiger partial charge on any atom is 0.119 e. The molecule has 0 fully saturated rings. The minimum absolute atomic E-state index is 0.0770. The minimum Gasteiger partial charge on any atom is -0.508 e. The normalized spacial score (nSPS) is 14.0. The summed E-state index contributed by atoms with van der Waals surface area (Å²) in [5.74, 6) is 0.543. The Bertz CT molecular complexity index is 301. The molecule has 0 aliphatic heterocycles. The smallest absolute Gasteiger partial charge is 0.119 e. The predicted molar refractivity (Wildman–Crippen MR) is 59.4 cm³/mol. The third-order valence-corrected chi connectivity index (χ3v) is 2.59. The van der Waals surface area contributed by atoms with Gasteiger partial charge in [0.05, 0.1) is 0 Å². The molecule has 3 N–H and O–H groups in total. The molecular formula is C12H19NO. The van der Waals surface area contributed by atoms with E-state index in [2.05, 4.69) is 20.8 Å². The summed E-state index contributed by atoms with van der Waals surface area (Å²) in [6, 6.07) is 7.42. The molecule has 78 valence electrons. The fourth-order valence-corrected chi connectivity index (χ4v) is 1.73. The molecule has 1 aromatic carbocycles. The van der Waals surface area contributed by atoms with Gasteiger partial charge in [-0.25, -0.2) is 0 Å². The Morgan fingerprint density at radius 1 is 1.29 bits per heavy atom. The highest BCUT2D eigenvalue weighted by molar-refractivity contribution is 5.36. The monoisotopic (exact) mass is 193 g/mol. The van der Waals surface area contributed by atoms with E-state index in [1.165, 1.54) is 0 Å². The highest BCUT2D eigenvalue weighted by atomic mass is 16.3. The van der Waals surface area contributed by atoms with Gasteiger partial charge in [-0.2, -0.15) is 0 Å². The summed E-state index contributed by atoms with van der Waals surface area (Å²) >= 11 is 0. The zero-order chi connectivity index (χ0) is 10.8. The highest BCUT2D eigenvalue weighted by Crippen LogP contribution is 2.37. The van der Waals surface area contributed by atoms with Gasteiger partial charge in [-0.3, -0.25) is 0 Å². The van der Waals surface area contributed by atoms with Crippen molar-refractivity contribution in [3.8, 4) is 5.75 Å². The molecule has 1 rings (SSSR count). The summed E-state index contributed by atoms with van der Waals surface area (Å²) < 4.78 is 0. The van der Waals surface area contributed by atoms with Crippen LogP contribution >= 0.6 is 0 Å². The first-order chi connectivity index (χ1) is 6.46. The molecule has 0 aliphatic rings. The van der Waals surface area contributed by atoms with E-state index >= 15 is 0 Å². The lowest BCUT2D eigenvalue weighted by atomic mass is 9.76. The summed E-state index contributed by atoms with van der Waals surface area (Å²) in [6.45, 7) is 6.96. The van der Waals surface area contributed by atoms with Crippen molar-refractivity contribution < 1.29 is 5.11 Å². The lowest BCUT2D eigenvalue weighted by molar-refractivity contribution is 0.316. The Balaban J connectivity index is 3.08. The van der Waals surface area contributed by atoms with Crippen molar-refractivity contribution in [2.75, 3.05) is 6.54 Å². The Kier molecular flexibility index (Phi) is 3.17. The number of benzene rings is 1. The molecule has 1 unspecified atom stereocenters. The molecule has 0 bridgehead atoms. The van der Waals surface area contributed by atoms with Gasteiger partial charge in [0, 0.05) is 5.92 Å². The van der Waals surface area contributed by atoms with Crippen molar-refractivity contribution in [2.45, 2.75) is 26.7 Å². The van der Waals surface area contributed by atoms with Crippen molar-refractivity contribution >= 4 is 0 Å². The van der Waals surface area contributed by atoms with E-state index in [9.17, 15) is 5.11 Å². The third-order valence-electron chi connectivity index (χ3n) is 2.59. The maximum absolute atomic E-state index is 9.72. The molecule has 1 aromatic rings. The van der Waals surface area contributed by atoms with Crippen molar-refractivity contribution in [3.05, 3.63) is 29.8 Å². The van der Waals surface area contributed by atoms with Crippen LogP contribution in [-0.2, 0) is 0 Å². The number of phenols is 1. The lowest BCUT2D eigenvalue weighted by Crippen LogP contribution is -2.26. The molecule has 2 nitrogen and oxygen atoms in total. The molecule has 14 heavy (non-hydrogen) atoms. The van der Waals surface area contributed by atoms with E-state index in [1.54, 1.807) is 6.07 Å². The minimum atomic E-state index is 0.0770. The summed E-state index contributed by atoms with van der Waals surface area (Å²) in [6.07, 6.45) is 0. The first kappa shape index (κ1) is 11.1. The van der Waals surface area contributed by atoms with E-state index in [1.807, 2.05) is 18.2 Å². The van der Waals surface area contributed by atoms with Crippen LogP contribution in [0, 0.1) is 5.41 Å². The molecule has 2 heteroatoms. The largest absolute Gasteiger partial charge is 0.508 e. The molecular weight excluding hydrogens is 174 g/mol. The van der Waals surface area contributed by atoms with Gasteiger partial charge in [-0.15, -0.1) is 0 Å². The average molecular weight is 193 g/mol. The van der Waals surface area contributed by atoms with E-state index in [0.717, 1.165) is 5.56 Å². The topological polar surface area (TPSA) is 46.2 Å². The predicted octanol–water partition coefficient (Wildman–Crippen LogP) is 2.48. The van der Waals surface area contributed by atoms with Crippen LogP contribution in [0.4, 0.5) is 0 Å². The lowest BCUT2D eigenvalue weighted by Gasteiger charge is -2.30. The summed E-state index contributed by atoms with van der Waals surface area (Å²) in [4.78, 5) is 0. The summed E-state index contributed by atoms with van der Waals surface area (Å²) in [5.41, 5.74) is 6.77. The first-order valence-electron chi connectivity index (χ1n) is 4.94. The van der Waals surface area contributed by atoms with E-state index in [-0.39, 0.29) is 11.3 Å². The van der Waals surface area contributed by atoms with Crippen LogP contribution in [0.2, 0.25) is 0 Å². The van der Waals surface area contributed by atoms with Gasteiger partial charge >= 0.3 is 0 Å². The van der Waals surface area contributed by atoms with Gasteiger partial charge in [0.25, 0.3) is 0 Å². The average Bonchev–Trinajstić information content (AvgIpc) is 2.07. The summed E-state index contributed by atoms with van der Waals surface area (Å²) in [7, 11) is 0. The molecule has 0 radical (unpaired) electrons. The molecule has 0 aromatic heterocycles. The first-order valence-corrected chi connectivity index (χ1v) is 4.94. The van der Waals surface area contributed by atoms with E-state index < -0.39 is 0 Å². The number of para-hydroxylation sites is 1. The SMILES string of the molecule is CC(C)(C)C(CN)c1ccccc1O. The molecule has 0 saturated heterocycles. The molecule has 0 saturated carbocycles. The molecule has 0 aliphatic carbocycles.